The maximum absolute atomic E-state index is 13.4. The second-order valence-corrected chi connectivity index (χ2v) is 5.23. The van der Waals surface area contributed by atoms with E-state index in [1.165, 1.54) is 24.3 Å². The van der Waals surface area contributed by atoms with Gasteiger partial charge < -0.3 is 5.32 Å². The number of halogens is 3. The van der Waals surface area contributed by atoms with Gasteiger partial charge in [0.15, 0.2) is 0 Å². The Morgan fingerprint density at radius 1 is 1.15 bits per heavy atom. The summed E-state index contributed by atoms with van der Waals surface area (Å²) in [5.41, 5.74) is 1.01. The number of carbonyl (C=O) groups excluding carboxylic acids is 1. The van der Waals surface area contributed by atoms with E-state index in [2.05, 4.69) is 21.2 Å². The Hall–Kier alpha value is -1.75. The Balaban J connectivity index is 2.10. The summed E-state index contributed by atoms with van der Waals surface area (Å²) in [4.78, 5) is 12.0. The Morgan fingerprint density at radius 3 is 2.40 bits per heavy atom. The van der Waals surface area contributed by atoms with Gasteiger partial charge in [-0.15, -0.1) is 0 Å². The van der Waals surface area contributed by atoms with Crippen LogP contribution >= 0.6 is 15.9 Å². The molecule has 0 heterocycles. The van der Waals surface area contributed by atoms with Crippen molar-refractivity contribution in [2.24, 2.45) is 0 Å². The lowest BCUT2D eigenvalue weighted by atomic mass is 10.1. The highest BCUT2D eigenvalue weighted by molar-refractivity contribution is 9.10. The van der Waals surface area contributed by atoms with Crippen LogP contribution in [0.4, 0.5) is 8.78 Å². The molecule has 2 aromatic rings. The summed E-state index contributed by atoms with van der Waals surface area (Å²) in [7, 11) is 0. The Labute approximate surface area is 123 Å². The molecule has 2 aromatic carbocycles. The molecule has 0 bridgehead atoms. The van der Waals surface area contributed by atoms with Crippen LogP contribution in [0.15, 0.2) is 46.9 Å². The molecule has 1 unspecified atom stereocenters. The van der Waals surface area contributed by atoms with Crippen molar-refractivity contribution in [1.82, 2.24) is 5.32 Å². The zero-order valence-corrected chi connectivity index (χ0v) is 12.2. The molecule has 0 radical (unpaired) electrons. The zero-order valence-electron chi connectivity index (χ0n) is 10.7. The Kier molecular flexibility index (Phi) is 4.49. The fraction of sp³-hybridized carbons (Fsp3) is 0.133. The minimum atomic E-state index is -0.493. The van der Waals surface area contributed by atoms with Gasteiger partial charge >= 0.3 is 0 Å². The standard InChI is InChI=1S/C15H12BrF2NO/c1-9(10-2-5-12(17)6-3-10)19-15(20)11-4-7-13(16)14(18)8-11/h2-9H,1H3,(H,19,20). The average Bonchev–Trinajstić information content (AvgIpc) is 2.42. The van der Waals surface area contributed by atoms with Crippen LogP contribution in [-0.2, 0) is 0 Å². The van der Waals surface area contributed by atoms with Crippen molar-refractivity contribution >= 4 is 21.8 Å². The largest absolute Gasteiger partial charge is 0.346 e. The van der Waals surface area contributed by atoms with E-state index in [4.69, 9.17) is 0 Å². The van der Waals surface area contributed by atoms with Gasteiger partial charge in [-0.05, 0) is 58.7 Å². The number of benzene rings is 2. The molecule has 0 aliphatic heterocycles. The van der Waals surface area contributed by atoms with Gasteiger partial charge in [0.25, 0.3) is 5.91 Å². The van der Waals surface area contributed by atoms with E-state index < -0.39 is 5.82 Å². The molecule has 1 amide bonds. The predicted octanol–water partition coefficient (Wildman–Crippen LogP) is 4.22. The molecule has 1 atom stereocenters. The van der Waals surface area contributed by atoms with Crippen molar-refractivity contribution in [2.45, 2.75) is 13.0 Å². The molecular weight excluding hydrogens is 328 g/mol. The summed E-state index contributed by atoms with van der Waals surface area (Å²) >= 11 is 3.03. The van der Waals surface area contributed by atoms with Gasteiger partial charge in [-0.25, -0.2) is 8.78 Å². The van der Waals surface area contributed by atoms with Crippen LogP contribution in [0, 0.1) is 11.6 Å². The molecule has 5 heteroatoms. The van der Waals surface area contributed by atoms with Crippen LogP contribution in [0.5, 0.6) is 0 Å². The number of amides is 1. The maximum Gasteiger partial charge on any atom is 0.251 e. The highest BCUT2D eigenvalue weighted by atomic mass is 79.9. The SMILES string of the molecule is CC(NC(=O)c1ccc(Br)c(F)c1)c1ccc(F)cc1. The third-order valence-corrected chi connectivity index (χ3v) is 3.54. The summed E-state index contributed by atoms with van der Waals surface area (Å²) in [6.07, 6.45) is 0. The van der Waals surface area contributed by atoms with E-state index >= 15 is 0 Å². The first-order chi connectivity index (χ1) is 9.47. The van der Waals surface area contributed by atoms with Crippen molar-refractivity contribution in [1.29, 1.82) is 0 Å². The third-order valence-electron chi connectivity index (χ3n) is 2.90. The lowest BCUT2D eigenvalue weighted by Gasteiger charge is -2.14. The minimum absolute atomic E-state index is 0.236. The van der Waals surface area contributed by atoms with E-state index in [1.807, 2.05) is 0 Å². The quantitative estimate of drug-likeness (QED) is 0.891. The van der Waals surface area contributed by atoms with Crippen molar-refractivity contribution in [3.05, 3.63) is 69.7 Å². The van der Waals surface area contributed by atoms with Gasteiger partial charge in [0.1, 0.15) is 11.6 Å². The van der Waals surface area contributed by atoms with Gasteiger partial charge in [0.2, 0.25) is 0 Å². The monoisotopic (exact) mass is 339 g/mol. The van der Waals surface area contributed by atoms with Crippen LogP contribution < -0.4 is 5.32 Å². The Bertz CT molecular complexity index is 628. The molecule has 104 valence electrons. The van der Waals surface area contributed by atoms with E-state index in [0.29, 0.717) is 4.47 Å². The van der Waals surface area contributed by atoms with Crippen LogP contribution in [-0.4, -0.2) is 5.91 Å². The minimum Gasteiger partial charge on any atom is -0.346 e. The van der Waals surface area contributed by atoms with Gasteiger partial charge in [-0.2, -0.15) is 0 Å². The number of hydrogen-bond acceptors (Lipinski definition) is 1. The molecule has 0 aliphatic rings. The predicted molar refractivity (Wildman–Crippen MR) is 76.4 cm³/mol. The molecule has 0 aliphatic carbocycles. The summed E-state index contributed by atoms with van der Waals surface area (Å²) in [6, 6.07) is 9.73. The molecular formula is C15H12BrF2NO. The topological polar surface area (TPSA) is 29.1 Å². The van der Waals surface area contributed by atoms with Gasteiger partial charge in [0.05, 0.1) is 10.5 Å². The molecule has 0 aromatic heterocycles. The number of hydrogen-bond donors (Lipinski definition) is 1. The van der Waals surface area contributed by atoms with E-state index in [-0.39, 0.29) is 23.3 Å². The first-order valence-corrected chi connectivity index (χ1v) is 6.78. The molecule has 0 fully saturated rings. The van der Waals surface area contributed by atoms with E-state index in [9.17, 15) is 13.6 Å². The fourth-order valence-corrected chi connectivity index (χ4v) is 2.00. The van der Waals surface area contributed by atoms with E-state index in [0.717, 1.165) is 11.6 Å². The number of rotatable bonds is 3. The first kappa shape index (κ1) is 14.7. The van der Waals surface area contributed by atoms with Crippen molar-refractivity contribution in [3.8, 4) is 0 Å². The number of nitrogens with one attached hydrogen (secondary N) is 1. The van der Waals surface area contributed by atoms with Gasteiger partial charge in [-0.1, -0.05) is 12.1 Å². The highest BCUT2D eigenvalue weighted by Gasteiger charge is 2.13. The third kappa shape index (κ3) is 3.42. The highest BCUT2D eigenvalue weighted by Crippen LogP contribution is 2.18. The molecule has 2 rings (SSSR count). The molecule has 1 N–H and O–H groups in total. The smallest absolute Gasteiger partial charge is 0.251 e. The van der Waals surface area contributed by atoms with Crippen LogP contribution in [0.25, 0.3) is 0 Å². The molecule has 2 nitrogen and oxygen atoms in total. The molecule has 0 saturated carbocycles. The lowest BCUT2D eigenvalue weighted by molar-refractivity contribution is 0.0939. The Morgan fingerprint density at radius 2 is 1.80 bits per heavy atom. The van der Waals surface area contributed by atoms with Crippen molar-refractivity contribution in [2.75, 3.05) is 0 Å². The zero-order chi connectivity index (χ0) is 14.7. The number of carbonyl (C=O) groups is 1. The summed E-state index contributed by atoms with van der Waals surface area (Å²) in [5, 5.41) is 2.74. The van der Waals surface area contributed by atoms with Gasteiger partial charge in [0, 0.05) is 5.56 Å². The first-order valence-electron chi connectivity index (χ1n) is 5.99. The maximum atomic E-state index is 13.4. The molecule has 0 spiro atoms. The second kappa shape index (κ2) is 6.13. The summed E-state index contributed by atoms with van der Waals surface area (Å²) in [5.74, 6) is -1.21. The normalized spacial score (nSPS) is 12.0. The lowest BCUT2D eigenvalue weighted by Crippen LogP contribution is -2.26. The average molecular weight is 340 g/mol. The van der Waals surface area contributed by atoms with Crippen LogP contribution in [0.2, 0.25) is 0 Å². The van der Waals surface area contributed by atoms with Crippen molar-refractivity contribution in [3.63, 3.8) is 0 Å². The molecule has 20 heavy (non-hydrogen) atoms. The van der Waals surface area contributed by atoms with Crippen LogP contribution in [0.1, 0.15) is 28.9 Å². The van der Waals surface area contributed by atoms with Crippen molar-refractivity contribution < 1.29 is 13.6 Å². The van der Waals surface area contributed by atoms with E-state index in [1.54, 1.807) is 19.1 Å². The molecule has 0 saturated heterocycles. The summed E-state index contributed by atoms with van der Waals surface area (Å²) in [6.45, 7) is 1.78. The second-order valence-electron chi connectivity index (χ2n) is 4.38. The fourth-order valence-electron chi connectivity index (χ4n) is 1.75. The van der Waals surface area contributed by atoms with Crippen LogP contribution in [0.3, 0.4) is 0 Å². The summed E-state index contributed by atoms with van der Waals surface area (Å²) < 4.78 is 26.5. The van der Waals surface area contributed by atoms with Gasteiger partial charge in [-0.3, -0.25) is 4.79 Å².